The average molecular weight is 371 g/mol. The fourth-order valence-electron chi connectivity index (χ4n) is 3.42. The molecule has 2 rings (SSSR count). The van der Waals surface area contributed by atoms with Gasteiger partial charge in [0.05, 0.1) is 0 Å². The van der Waals surface area contributed by atoms with Crippen molar-refractivity contribution in [2.75, 3.05) is 19.6 Å². The maximum Gasteiger partial charge on any atom is 0.220 e. The first-order valence-corrected chi connectivity index (χ1v) is 9.81. The normalized spacial score (nSPS) is 18.5. The summed E-state index contributed by atoms with van der Waals surface area (Å²) in [6.07, 6.45) is 7.22. The Balaban J connectivity index is 1.65. The van der Waals surface area contributed by atoms with Crippen molar-refractivity contribution < 1.29 is 4.79 Å². The van der Waals surface area contributed by atoms with Crippen LogP contribution in [0.1, 0.15) is 51.0 Å². The van der Waals surface area contributed by atoms with Crippen LogP contribution in [0.4, 0.5) is 0 Å². The summed E-state index contributed by atoms with van der Waals surface area (Å²) in [7, 11) is 0. The molecule has 0 aliphatic carbocycles. The molecule has 5 heteroatoms. The van der Waals surface area contributed by atoms with Crippen molar-refractivity contribution in [3.05, 3.63) is 33.8 Å². The van der Waals surface area contributed by atoms with E-state index in [1.165, 1.54) is 32.2 Å². The summed E-state index contributed by atoms with van der Waals surface area (Å²) in [6, 6.07) is 6.17. The van der Waals surface area contributed by atoms with Gasteiger partial charge in [-0.3, -0.25) is 4.79 Å². The highest BCUT2D eigenvalue weighted by molar-refractivity contribution is 6.36. The predicted molar refractivity (Wildman–Crippen MR) is 102 cm³/mol. The van der Waals surface area contributed by atoms with Crippen LogP contribution in [0.15, 0.2) is 18.2 Å². The van der Waals surface area contributed by atoms with Crippen LogP contribution in [0, 0.1) is 0 Å². The molecule has 0 unspecified atom stereocenters. The fraction of sp³-hybridized carbons (Fsp3) is 0.632. The highest BCUT2D eigenvalue weighted by Crippen LogP contribution is 2.25. The summed E-state index contributed by atoms with van der Waals surface area (Å²) in [4.78, 5) is 14.6. The molecule has 0 saturated carbocycles. The quantitative estimate of drug-likeness (QED) is 0.672. The van der Waals surface area contributed by atoms with Crippen molar-refractivity contribution in [2.45, 2.75) is 57.9 Å². The molecule has 134 valence electrons. The number of hydrogen-bond donors (Lipinski definition) is 1. The molecule has 1 aromatic carbocycles. The summed E-state index contributed by atoms with van der Waals surface area (Å²) >= 11 is 12.3. The number of rotatable bonds is 8. The molecule has 1 aliphatic heterocycles. The molecule has 1 amide bonds. The predicted octanol–water partition coefficient (Wildman–Crippen LogP) is 4.70. The number of hydrogen-bond acceptors (Lipinski definition) is 2. The molecule has 0 aromatic heterocycles. The van der Waals surface area contributed by atoms with Crippen molar-refractivity contribution in [1.82, 2.24) is 10.2 Å². The van der Waals surface area contributed by atoms with Gasteiger partial charge in [0.25, 0.3) is 0 Å². The van der Waals surface area contributed by atoms with E-state index in [4.69, 9.17) is 23.2 Å². The van der Waals surface area contributed by atoms with Crippen LogP contribution < -0.4 is 5.32 Å². The van der Waals surface area contributed by atoms with Gasteiger partial charge in [0, 0.05) is 35.6 Å². The van der Waals surface area contributed by atoms with Crippen LogP contribution in [0.3, 0.4) is 0 Å². The Bertz CT molecular complexity index is 516. The number of nitrogens with one attached hydrogen (secondary N) is 1. The summed E-state index contributed by atoms with van der Waals surface area (Å²) < 4.78 is 0. The number of carbonyl (C=O) groups is 1. The van der Waals surface area contributed by atoms with Crippen molar-refractivity contribution in [3.8, 4) is 0 Å². The van der Waals surface area contributed by atoms with Gasteiger partial charge in [-0.25, -0.2) is 0 Å². The zero-order valence-electron chi connectivity index (χ0n) is 14.5. The Morgan fingerprint density at radius 2 is 2.04 bits per heavy atom. The van der Waals surface area contributed by atoms with Crippen LogP contribution in [0.2, 0.25) is 10.0 Å². The maximum absolute atomic E-state index is 12.0. The fourth-order valence-corrected chi connectivity index (χ4v) is 4.01. The zero-order chi connectivity index (χ0) is 17.4. The third-order valence-corrected chi connectivity index (χ3v) is 5.54. The molecule has 24 heavy (non-hydrogen) atoms. The molecule has 0 spiro atoms. The second-order valence-electron chi connectivity index (χ2n) is 6.50. The van der Waals surface area contributed by atoms with Gasteiger partial charge in [-0.05, 0) is 56.3 Å². The van der Waals surface area contributed by atoms with Gasteiger partial charge >= 0.3 is 0 Å². The number of benzene rings is 1. The van der Waals surface area contributed by atoms with E-state index in [9.17, 15) is 4.79 Å². The SMILES string of the molecule is CC[C@H]1CCCCN1CCCNC(=O)CCc1c(Cl)cccc1Cl. The number of nitrogens with zero attached hydrogens (tertiary/aromatic N) is 1. The van der Waals surface area contributed by atoms with E-state index in [0.717, 1.165) is 31.1 Å². The Hall–Kier alpha value is -0.770. The molecule has 1 saturated heterocycles. The van der Waals surface area contributed by atoms with Gasteiger partial charge in [-0.2, -0.15) is 0 Å². The van der Waals surface area contributed by atoms with Gasteiger partial charge in [-0.1, -0.05) is 42.6 Å². The van der Waals surface area contributed by atoms with Crippen LogP contribution in [0.5, 0.6) is 0 Å². The topological polar surface area (TPSA) is 32.3 Å². The van der Waals surface area contributed by atoms with Gasteiger partial charge < -0.3 is 10.2 Å². The van der Waals surface area contributed by atoms with E-state index in [-0.39, 0.29) is 5.91 Å². The first-order chi connectivity index (χ1) is 11.6. The zero-order valence-corrected chi connectivity index (χ0v) is 16.0. The summed E-state index contributed by atoms with van der Waals surface area (Å²) in [6.45, 7) is 5.29. The standard InChI is InChI=1S/C19H28Cl2N2O/c1-2-15-7-3-4-13-23(15)14-6-12-22-19(24)11-10-16-17(20)8-5-9-18(16)21/h5,8-9,15H,2-4,6-7,10-14H2,1H3,(H,22,24)/t15-/m0/s1. The smallest absolute Gasteiger partial charge is 0.220 e. The average Bonchev–Trinajstić information content (AvgIpc) is 2.58. The van der Waals surface area contributed by atoms with Crippen molar-refractivity contribution >= 4 is 29.1 Å². The number of likely N-dealkylation sites (tertiary alicyclic amines) is 1. The number of piperidine rings is 1. The molecular formula is C19H28Cl2N2O. The molecule has 1 N–H and O–H groups in total. The Kier molecular flexibility index (Phi) is 8.37. The number of carbonyl (C=O) groups excluding carboxylic acids is 1. The van der Waals surface area contributed by atoms with E-state index >= 15 is 0 Å². The Labute approximate surface area is 155 Å². The highest BCUT2D eigenvalue weighted by Gasteiger charge is 2.19. The molecular weight excluding hydrogens is 343 g/mol. The van der Waals surface area contributed by atoms with Crippen LogP contribution >= 0.6 is 23.2 Å². The molecule has 1 fully saturated rings. The second kappa shape index (κ2) is 10.3. The van der Waals surface area contributed by atoms with Crippen LogP contribution in [0.25, 0.3) is 0 Å². The molecule has 0 bridgehead atoms. The van der Waals surface area contributed by atoms with Crippen molar-refractivity contribution in [1.29, 1.82) is 0 Å². The minimum atomic E-state index is 0.0664. The monoisotopic (exact) mass is 370 g/mol. The lowest BCUT2D eigenvalue weighted by molar-refractivity contribution is -0.121. The third kappa shape index (κ3) is 5.94. The molecule has 1 atom stereocenters. The minimum absolute atomic E-state index is 0.0664. The maximum atomic E-state index is 12.0. The number of halogens is 2. The van der Waals surface area contributed by atoms with Gasteiger partial charge in [0.1, 0.15) is 0 Å². The Morgan fingerprint density at radius 3 is 2.75 bits per heavy atom. The summed E-state index contributed by atoms with van der Waals surface area (Å²) in [5.41, 5.74) is 0.857. The summed E-state index contributed by atoms with van der Waals surface area (Å²) in [5.74, 6) is 0.0664. The number of amides is 1. The van der Waals surface area contributed by atoms with Crippen LogP contribution in [-0.4, -0.2) is 36.5 Å². The van der Waals surface area contributed by atoms with Crippen molar-refractivity contribution in [2.24, 2.45) is 0 Å². The largest absolute Gasteiger partial charge is 0.356 e. The summed E-state index contributed by atoms with van der Waals surface area (Å²) in [5, 5.41) is 4.27. The lowest BCUT2D eigenvalue weighted by Gasteiger charge is -2.35. The lowest BCUT2D eigenvalue weighted by Crippen LogP contribution is -2.40. The van der Waals surface area contributed by atoms with E-state index in [0.29, 0.717) is 22.9 Å². The Morgan fingerprint density at radius 1 is 1.29 bits per heavy atom. The first kappa shape index (κ1) is 19.6. The van der Waals surface area contributed by atoms with Crippen LogP contribution in [-0.2, 0) is 11.2 Å². The molecule has 1 heterocycles. The van der Waals surface area contributed by atoms with E-state index in [1.807, 2.05) is 18.2 Å². The molecule has 1 aliphatic rings. The van der Waals surface area contributed by atoms with Gasteiger partial charge in [0.15, 0.2) is 0 Å². The van der Waals surface area contributed by atoms with Crippen molar-refractivity contribution in [3.63, 3.8) is 0 Å². The van der Waals surface area contributed by atoms with E-state index in [2.05, 4.69) is 17.1 Å². The first-order valence-electron chi connectivity index (χ1n) is 9.05. The molecule has 3 nitrogen and oxygen atoms in total. The lowest BCUT2D eigenvalue weighted by atomic mass is 10.00. The second-order valence-corrected chi connectivity index (χ2v) is 7.31. The minimum Gasteiger partial charge on any atom is -0.356 e. The molecule has 1 aromatic rings. The third-order valence-electron chi connectivity index (χ3n) is 4.83. The van der Waals surface area contributed by atoms with E-state index in [1.54, 1.807) is 0 Å². The molecule has 0 radical (unpaired) electrons. The van der Waals surface area contributed by atoms with Gasteiger partial charge in [0.2, 0.25) is 5.91 Å². The van der Waals surface area contributed by atoms with E-state index < -0.39 is 0 Å². The highest BCUT2D eigenvalue weighted by atomic mass is 35.5. The van der Waals surface area contributed by atoms with Gasteiger partial charge in [-0.15, -0.1) is 0 Å².